The van der Waals surface area contributed by atoms with Crippen molar-refractivity contribution in [1.82, 2.24) is 5.32 Å². The molecule has 0 aromatic carbocycles. The largest absolute Gasteiger partial charge is 0.396 e. The van der Waals surface area contributed by atoms with E-state index in [-0.39, 0.29) is 18.6 Å². The Hall–Kier alpha value is -0.200. The first-order chi connectivity index (χ1) is 8.11. The van der Waals surface area contributed by atoms with Crippen LogP contribution in [-0.2, 0) is 9.47 Å². The van der Waals surface area contributed by atoms with Crippen LogP contribution in [0.4, 0.5) is 0 Å². The molecule has 0 aliphatic heterocycles. The summed E-state index contributed by atoms with van der Waals surface area (Å²) in [5, 5.41) is 21.7. The molecule has 3 N–H and O–H groups in total. The third kappa shape index (κ3) is 9.50. The van der Waals surface area contributed by atoms with Gasteiger partial charge in [-0.05, 0) is 19.8 Å². The molecular formula is C12H27NO4. The Bertz CT molecular complexity index is 169. The minimum absolute atomic E-state index is 0.148. The monoisotopic (exact) mass is 249 g/mol. The van der Waals surface area contributed by atoms with Crippen LogP contribution < -0.4 is 5.32 Å². The Morgan fingerprint density at radius 3 is 2.41 bits per heavy atom. The molecule has 0 radical (unpaired) electrons. The highest BCUT2D eigenvalue weighted by atomic mass is 16.5. The molecule has 0 amide bonds. The van der Waals surface area contributed by atoms with Crippen molar-refractivity contribution in [3.05, 3.63) is 0 Å². The van der Waals surface area contributed by atoms with E-state index in [4.69, 9.17) is 14.6 Å². The lowest BCUT2D eigenvalue weighted by atomic mass is 10.1. The summed E-state index contributed by atoms with van der Waals surface area (Å²) in [5.41, 5.74) is 0. The number of nitrogens with one attached hydrogen (secondary N) is 1. The van der Waals surface area contributed by atoms with Crippen LogP contribution in [0.3, 0.4) is 0 Å². The highest BCUT2D eigenvalue weighted by Crippen LogP contribution is 2.00. The van der Waals surface area contributed by atoms with Gasteiger partial charge in [0.15, 0.2) is 0 Å². The van der Waals surface area contributed by atoms with Crippen LogP contribution in [0.15, 0.2) is 0 Å². The summed E-state index contributed by atoms with van der Waals surface area (Å²) in [5.74, 6) is 0.182. The molecule has 104 valence electrons. The molecular weight excluding hydrogens is 222 g/mol. The Morgan fingerprint density at radius 1 is 1.18 bits per heavy atom. The van der Waals surface area contributed by atoms with Crippen LogP contribution in [0.25, 0.3) is 0 Å². The molecule has 3 atom stereocenters. The number of aliphatic hydroxyl groups excluding tert-OH is 2. The molecule has 0 fully saturated rings. The zero-order valence-corrected chi connectivity index (χ0v) is 11.2. The van der Waals surface area contributed by atoms with Crippen LogP contribution in [0, 0.1) is 5.92 Å². The summed E-state index contributed by atoms with van der Waals surface area (Å²) in [6.07, 6.45) is -0.523. The third-order valence-electron chi connectivity index (χ3n) is 2.70. The number of hydrogen-bond acceptors (Lipinski definition) is 5. The maximum atomic E-state index is 9.62. The van der Waals surface area contributed by atoms with Crippen LogP contribution in [0.1, 0.15) is 20.8 Å². The van der Waals surface area contributed by atoms with Crippen LogP contribution in [0.2, 0.25) is 0 Å². The van der Waals surface area contributed by atoms with Gasteiger partial charge < -0.3 is 25.0 Å². The van der Waals surface area contributed by atoms with E-state index in [0.717, 1.165) is 0 Å². The SMILES string of the molecule is CCOCCOCC(O)CNC(C)C(C)CO. The maximum absolute atomic E-state index is 9.62. The second-order valence-electron chi connectivity index (χ2n) is 4.28. The fourth-order valence-corrected chi connectivity index (χ4v) is 1.22. The van der Waals surface area contributed by atoms with Crippen molar-refractivity contribution < 1.29 is 19.7 Å². The summed E-state index contributed by atoms with van der Waals surface area (Å²) >= 11 is 0. The van der Waals surface area contributed by atoms with Gasteiger partial charge in [-0.15, -0.1) is 0 Å². The van der Waals surface area contributed by atoms with E-state index in [1.165, 1.54) is 0 Å². The van der Waals surface area contributed by atoms with Crippen LogP contribution >= 0.6 is 0 Å². The molecule has 0 rings (SSSR count). The summed E-state index contributed by atoms with van der Waals surface area (Å²) in [7, 11) is 0. The van der Waals surface area contributed by atoms with Gasteiger partial charge in [0.2, 0.25) is 0 Å². The lowest BCUT2D eigenvalue weighted by molar-refractivity contribution is 0.00513. The van der Waals surface area contributed by atoms with Crippen LogP contribution in [0.5, 0.6) is 0 Å². The van der Waals surface area contributed by atoms with Gasteiger partial charge in [-0.1, -0.05) is 6.92 Å². The number of hydrogen-bond donors (Lipinski definition) is 3. The fourth-order valence-electron chi connectivity index (χ4n) is 1.22. The molecule has 0 saturated heterocycles. The second kappa shape index (κ2) is 10.9. The molecule has 5 nitrogen and oxygen atoms in total. The van der Waals surface area contributed by atoms with Crippen molar-refractivity contribution in [2.75, 3.05) is 39.6 Å². The summed E-state index contributed by atoms with van der Waals surface area (Å²) < 4.78 is 10.4. The first-order valence-corrected chi connectivity index (χ1v) is 6.29. The highest BCUT2D eigenvalue weighted by Gasteiger charge is 2.12. The molecule has 0 bridgehead atoms. The molecule has 3 unspecified atom stereocenters. The molecule has 0 aliphatic rings. The number of ether oxygens (including phenoxy) is 2. The van der Waals surface area contributed by atoms with Gasteiger partial charge in [0.05, 0.1) is 25.9 Å². The molecule has 0 aliphatic carbocycles. The molecule has 0 saturated carbocycles. The quantitative estimate of drug-likeness (QED) is 0.450. The maximum Gasteiger partial charge on any atom is 0.0897 e. The summed E-state index contributed by atoms with van der Waals surface area (Å²) in [6, 6.07) is 0.179. The van der Waals surface area contributed by atoms with Crippen molar-refractivity contribution >= 4 is 0 Å². The average Bonchev–Trinajstić information content (AvgIpc) is 2.34. The summed E-state index contributed by atoms with van der Waals surface area (Å²) in [4.78, 5) is 0. The van der Waals surface area contributed by atoms with E-state index in [1.807, 2.05) is 20.8 Å². The van der Waals surface area contributed by atoms with Gasteiger partial charge in [-0.3, -0.25) is 0 Å². The number of aliphatic hydroxyl groups is 2. The minimum Gasteiger partial charge on any atom is -0.396 e. The average molecular weight is 249 g/mol. The molecule has 0 spiro atoms. The Labute approximate surface area is 104 Å². The minimum atomic E-state index is -0.523. The molecule has 5 heteroatoms. The molecule has 17 heavy (non-hydrogen) atoms. The lowest BCUT2D eigenvalue weighted by Gasteiger charge is -2.21. The first kappa shape index (κ1) is 16.8. The second-order valence-corrected chi connectivity index (χ2v) is 4.28. The van der Waals surface area contributed by atoms with Gasteiger partial charge in [-0.2, -0.15) is 0 Å². The zero-order chi connectivity index (χ0) is 13.1. The zero-order valence-electron chi connectivity index (χ0n) is 11.2. The molecule has 0 aromatic rings. The van der Waals surface area contributed by atoms with Gasteiger partial charge in [-0.25, -0.2) is 0 Å². The van der Waals surface area contributed by atoms with Crippen molar-refractivity contribution in [2.45, 2.75) is 32.9 Å². The van der Waals surface area contributed by atoms with Crippen molar-refractivity contribution in [1.29, 1.82) is 0 Å². The van der Waals surface area contributed by atoms with Crippen molar-refractivity contribution in [3.8, 4) is 0 Å². The predicted molar refractivity (Wildman–Crippen MR) is 67.0 cm³/mol. The van der Waals surface area contributed by atoms with Gasteiger partial charge in [0.25, 0.3) is 0 Å². The van der Waals surface area contributed by atoms with E-state index in [2.05, 4.69) is 5.32 Å². The molecule has 0 aromatic heterocycles. The fraction of sp³-hybridized carbons (Fsp3) is 1.00. The lowest BCUT2D eigenvalue weighted by Crippen LogP contribution is -2.40. The van der Waals surface area contributed by atoms with Gasteiger partial charge >= 0.3 is 0 Å². The van der Waals surface area contributed by atoms with Gasteiger partial charge in [0.1, 0.15) is 0 Å². The van der Waals surface area contributed by atoms with Crippen molar-refractivity contribution in [3.63, 3.8) is 0 Å². The summed E-state index contributed by atoms with van der Waals surface area (Å²) in [6.45, 7) is 8.57. The van der Waals surface area contributed by atoms with Gasteiger partial charge in [0, 0.05) is 25.8 Å². The standard InChI is InChI=1S/C12H27NO4/c1-4-16-5-6-17-9-12(15)7-13-11(3)10(2)8-14/h10-15H,4-9H2,1-3H3. The Kier molecular flexibility index (Phi) is 10.8. The normalized spacial score (nSPS) is 16.8. The van der Waals surface area contributed by atoms with E-state index in [9.17, 15) is 5.11 Å². The predicted octanol–water partition coefficient (Wildman–Crippen LogP) is 0.00690. The van der Waals surface area contributed by atoms with Crippen molar-refractivity contribution in [2.24, 2.45) is 5.92 Å². The topological polar surface area (TPSA) is 71.0 Å². The van der Waals surface area contributed by atoms with E-state index < -0.39 is 6.10 Å². The Morgan fingerprint density at radius 2 is 1.82 bits per heavy atom. The number of rotatable bonds is 11. The van der Waals surface area contributed by atoms with E-state index >= 15 is 0 Å². The van der Waals surface area contributed by atoms with Crippen LogP contribution in [-0.4, -0.2) is 61.9 Å². The Balaban J connectivity index is 3.42. The first-order valence-electron chi connectivity index (χ1n) is 6.29. The van der Waals surface area contributed by atoms with E-state index in [1.54, 1.807) is 0 Å². The highest BCUT2D eigenvalue weighted by molar-refractivity contribution is 4.69. The van der Waals surface area contributed by atoms with E-state index in [0.29, 0.717) is 33.0 Å². The molecule has 0 heterocycles. The third-order valence-corrected chi connectivity index (χ3v) is 2.70. The smallest absolute Gasteiger partial charge is 0.0897 e.